The summed E-state index contributed by atoms with van der Waals surface area (Å²) in [6.45, 7) is 3.35. The fourth-order valence-electron chi connectivity index (χ4n) is 3.27. The van der Waals surface area contributed by atoms with Crippen molar-refractivity contribution < 1.29 is 19.4 Å². The molecule has 0 aliphatic carbocycles. The van der Waals surface area contributed by atoms with Crippen molar-refractivity contribution >= 4 is 85.4 Å². The van der Waals surface area contributed by atoms with Crippen molar-refractivity contribution in [2.75, 3.05) is 11.5 Å². The van der Waals surface area contributed by atoms with Gasteiger partial charge in [0.15, 0.2) is 11.8 Å². The standard InChI is InChI=1S/C26H19BrCl2N2O4S/c1-14-3-6-17(11-20(14)28)30-26-31(18-7-4-15(2)21(29)12-18)25(34)23(36-26)10-16-5-8-22(19(27)9-16)35-13-24(32)33/h3-12H,13H2,1-2H3,(H,32,33)/b23-10+,30-26?. The number of aliphatic imine (C=N–C) groups is 1. The third-order valence-electron chi connectivity index (χ3n) is 5.21. The first-order valence-electron chi connectivity index (χ1n) is 10.6. The maximum atomic E-state index is 13.5. The zero-order valence-electron chi connectivity index (χ0n) is 19.1. The molecule has 3 aromatic rings. The van der Waals surface area contributed by atoms with Crippen LogP contribution in [0.25, 0.3) is 6.08 Å². The second-order valence-electron chi connectivity index (χ2n) is 7.88. The van der Waals surface area contributed by atoms with Crippen LogP contribution in [-0.2, 0) is 9.59 Å². The summed E-state index contributed by atoms with van der Waals surface area (Å²) in [5.74, 6) is -0.933. The number of hydrogen-bond acceptors (Lipinski definition) is 5. The zero-order valence-corrected chi connectivity index (χ0v) is 23.0. The lowest BCUT2D eigenvalue weighted by atomic mass is 10.2. The third-order valence-corrected chi connectivity index (χ3v) is 7.61. The molecule has 1 amide bonds. The molecule has 0 atom stereocenters. The molecule has 0 bridgehead atoms. The predicted octanol–water partition coefficient (Wildman–Crippen LogP) is 7.64. The molecule has 1 saturated heterocycles. The number of amides is 1. The molecule has 0 radical (unpaired) electrons. The molecule has 184 valence electrons. The van der Waals surface area contributed by atoms with Gasteiger partial charge in [-0.1, -0.05) is 41.4 Å². The predicted molar refractivity (Wildman–Crippen MR) is 150 cm³/mol. The number of carboxylic acid groups (broad SMARTS) is 1. The molecule has 4 rings (SSSR count). The Morgan fingerprint density at radius 2 is 1.78 bits per heavy atom. The van der Waals surface area contributed by atoms with Gasteiger partial charge in [-0.15, -0.1) is 0 Å². The smallest absolute Gasteiger partial charge is 0.341 e. The Morgan fingerprint density at radius 3 is 2.42 bits per heavy atom. The van der Waals surface area contributed by atoms with Gasteiger partial charge < -0.3 is 9.84 Å². The van der Waals surface area contributed by atoms with E-state index < -0.39 is 12.6 Å². The summed E-state index contributed by atoms with van der Waals surface area (Å²) in [5, 5.41) is 10.4. The average molecular weight is 606 g/mol. The van der Waals surface area contributed by atoms with Crippen molar-refractivity contribution in [3.63, 3.8) is 0 Å². The molecule has 0 spiro atoms. The Labute approximate surface area is 230 Å². The van der Waals surface area contributed by atoms with Crippen molar-refractivity contribution in [2.45, 2.75) is 13.8 Å². The molecule has 10 heteroatoms. The van der Waals surface area contributed by atoms with Crippen molar-refractivity contribution in [1.29, 1.82) is 0 Å². The molecule has 36 heavy (non-hydrogen) atoms. The van der Waals surface area contributed by atoms with Crippen molar-refractivity contribution in [2.24, 2.45) is 4.99 Å². The van der Waals surface area contributed by atoms with E-state index >= 15 is 0 Å². The van der Waals surface area contributed by atoms with E-state index in [2.05, 4.69) is 15.9 Å². The van der Waals surface area contributed by atoms with E-state index in [-0.39, 0.29) is 5.91 Å². The van der Waals surface area contributed by atoms with E-state index in [0.717, 1.165) is 16.7 Å². The van der Waals surface area contributed by atoms with Gasteiger partial charge in [0.1, 0.15) is 5.75 Å². The fraction of sp³-hybridized carbons (Fsp3) is 0.115. The summed E-state index contributed by atoms with van der Waals surface area (Å²) in [4.78, 5) is 31.0. The average Bonchev–Trinajstić information content (AvgIpc) is 3.12. The molecule has 6 nitrogen and oxygen atoms in total. The van der Waals surface area contributed by atoms with Crippen LogP contribution in [0.3, 0.4) is 0 Å². The summed E-state index contributed by atoms with van der Waals surface area (Å²) in [6, 6.07) is 16.0. The fourth-order valence-corrected chi connectivity index (χ4v) is 5.14. The number of ether oxygens (including phenoxy) is 1. The Morgan fingerprint density at radius 1 is 1.08 bits per heavy atom. The third kappa shape index (κ3) is 5.95. The van der Waals surface area contributed by atoms with Gasteiger partial charge in [-0.3, -0.25) is 9.69 Å². The number of hydrogen-bond donors (Lipinski definition) is 1. The SMILES string of the molecule is Cc1ccc(N=C2S/C(=C/c3ccc(OCC(=O)O)c(Br)c3)C(=O)N2c2ccc(C)c(Cl)c2)cc1Cl. The summed E-state index contributed by atoms with van der Waals surface area (Å²) < 4.78 is 5.82. The minimum Gasteiger partial charge on any atom is -0.481 e. The number of benzene rings is 3. The first kappa shape index (κ1) is 26.3. The van der Waals surface area contributed by atoms with Gasteiger partial charge in [-0.2, -0.15) is 0 Å². The van der Waals surface area contributed by atoms with E-state index in [9.17, 15) is 9.59 Å². The van der Waals surface area contributed by atoms with Crippen LogP contribution in [0, 0.1) is 13.8 Å². The van der Waals surface area contributed by atoms with Crippen LogP contribution in [0.4, 0.5) is 11.4 Å². The lowest BCUT2D eigenvalue weighted by molar-refractivity contribution is -0.139. The van der Waals surface area contributed by atoms with Crippen LogP contribution in [0.15, 0.2) is 69.0 Å². The number of rotatable bonds is 6. The summed E-state index contributed by atoms with van der Waals surface area (Å²) in [6.07, 6.45) is 1.74. The van der Waals surface area contributed by atoms with Crippen LogP contribution in [0.5, 0.6) is 5.75 Å². The Kier molecular flexibility index (Phi) is 8.10. The quantitative estimate of drug-likeness (QED) is 0.292. The van der Waals surface area contributed by atoms with Gasteiger partial charge >= 0.3 is 5.97 Å². The molecule has 0 aromatic heterocycles. The molecular formula is C26H19BrCl2N2O4S. The van der Waals surface area contributed by atoms with Gasteiger partial charge in [0.05, 0.1) is 20.8 Å². The molecular weight excluding hydrogens is 587 g/mol. The van der Waals surface area contributed by atoms with Crippen LogP contribution in [0.2, 0.25) is 10.0 Å². The molecule has 0 unspecified atom stereocenters. The number of thioether (sulfide) groups is 1. The Bertz CT molecular complexity index is 1440. The Balaban J connectivity index is 1.73. The number of aryl methyl sites for hydroxylation is 2. The highest BCUT2D eigenvalue weighted by Crippen LogP contribution is 2.39. The number of anilines is 1. The zero-order chi connectivity index (χ0) is 26.0. The molecule has 1 N–H and O–H groups in total. The number of carbonyl (C=O) groups is 2. The molecule has 1 heterocycles. The van der Waals surface area contributed by atoms with Crippen LogP contribution < -0.4 is 9.64 Å². The van der Waals surface area contributed by atoms with Gasteiger partial charge in [0.2, 0.25) is 0 Å². The van der Waals surface area contributed by atoms with E-state index in [4.69, 9.17) is 38.0 Å². The number of halogens is 3. The minimum atomic E-state index is -1.07. The number of nitrogens with zero attached hydrogens (tertiary/aromatic N) is 2. The van der Waals surface area contributed by atoms with Crippen molar-refractivity contribution in [1.82, 2.24) is 0 Å². The molecule has 1 aliphatic heterocycles. The second kappa shape index (κ2) is 11.1. The van der Waals surface area contributed by atoms with E-state index in [1.807, 2.05) is 38.1 Å². The number of amidine groups is 1. The largest absolute Gasteiger partial charge is 0.481 e. The lowest BCUT2D eigenvalue weighted by Gasteiger charge is -2.16. The van der Waals surface area contributed by atoms with Crippen LogP contribution in [-0.4, -0.2) is 28.8 Å². The Hall–Kier alpha value is -2.78. The summed E-state index contributed by atoms with van der Waals surface area (Å²) >= 11 is 17.3. The van der Waals surface area contributed by atoms with Crippen LogP contribution >= 0.6 is 50.9 Å². The van der Waals surface area contributed by atoms with Crippen molar-refractivity contribution in [3.8, 4) is 5.75 Å². The number of aliphatic carboxylic acids is 1. The van der Waals surface area contributed by atoms with E-state index in [0.29, 0.717) is 41.7 Å². The molecule has 1 aliphatic rings. The van der Waals surface area contributed by atoms with Gasteiger partial charge in [0, 0.05) is 10.0 Å². The molecule has 1 fully saturated rings. The minimum absolute atomic E-state index is 0.251. The highest BCUT2D eigenvalue weighted by molar-refractivity contribution is 9.10. The van der Waals surface area contributed by atoms with Gasteiger partial charge in [0.25, 0.3) is 5.91 Å². The number of carbonyl (C=O) groups excluding carboxylic acids is 1. The number of carboxylic acids is 1. The first-order chi connectivity index (χ1) is 17.1. The second-order valence-corrected chi connectivity index (χ2v) is 10.6. The summed E-state index contributed by atoms with van der Waals surface area (Å²) in [5.41, 5.74) is 3.77. The normalized spacial score (nSPS) is 15.7. The van der Waals surface area contributed by atoms with E-state index in [1.165, 1.54) is 16.7 Å². The topological polar surface area (TPSA) is 79.2 Å². The van der Waals surface area contributed by atoms with Crippen molar-refractivity contribution in [3.05, 3.63) is 90.7 Å². The van der Waals surface area contributed by atoms with E-state index in [1.54, 1.807) is 36.4 Å². The molecule has 3 aromatic carbocycles. The maximum absolute atomic E-state index is 13.5. The van der Waals surface area contributed by atoms with Gasteiger partial charge in [-0.05, 0) is 101 Å². The maximum Gasteiger partial charge on any atom is 0.341 e. The highest BCUT2D eigenvalue weighted by atomic mass is 79.9. The lowest BCUT2D eigenvalue weighted by Crippen LogP contribution is -2.28. The molecule has 0 saturated carbocycles. The summed E-state index contributed by atoms with van der Waals surface area (Å²) in [7, 11) is 0. The highest BCUT2D eigenvalue weighted by Gasteiger charge is 2.35. The first-order valence-corrected chi connectivity index (χ1v) is 13.0. The van der Waals surface area contributed by atoms with Crippen LogP contribution in [0.1, 0.15) is 16.7 Å². The monoisotopic (exact) mass is 604 g/mol. The van der Waals surface area contributed by atoms with Gasteiger partial charge in [-0.25, -0.2) is 9.79 Å².